The lowest BCUT2D eigenvalue weighted by molar-refractivity contribution is -0.385. The summed E-state index contributed by atoms with van der Waals surface area (Å²) in [7, 11) is -4.84. The van der Waals surface area contributed by atoms with Crippen LogP contribution in [0.2, 0.25) is 0 Å². The zero-order valence-corrected chi connectivity index (χ0v) is 38.6. The van der Waals surface area contributed by atoms with Crippen molar-refractivity contribution in [3.05, 3.63) is 136 Å². The number of phenols is 1. The molecule has 21 nitrogen and oxygen atoms in total. The zero-order valence-electron chi connectivity index (χ0n) is 37.0. The van der Waals surface area contributed by atoms with E-state index in [2.05, 4.69) is 30.8 Å². The average molecular weight is 966 g/mol. The number of H-pyrrole nitrogens is 1. The minimum Gasteiger partial charge on any atom is -0.508 e. The average Bonchev–Trinajstić information content (AvgIpc) is 3.85. The van der Waals surface area contributed by atoms with Crippen LogP contribution >= 0.6 is 0 Å². The fourth-order valence-corrected chi connectivity index (χ4v) is 8.87. The van der Waals surface area contributed by atoms with Crippen LogP contribution < -0.4 is 24.4 Å². The molecule has 5 aromatic carbocycles. The first-order valence-corrected chi connectivity index (χ1v) is 23.9. The number of nitro benzene ring substituents is 1. The highest BCUT2D eigenvalue weighted by atomic mass is 32.2. The Hall–Kier alpha value is -8.18. The molecule has 23 heteroatoms. The van der Waals surface area contributed by atoms with Crippen LogP contribution in [0.15, 0.2) is 134 Å². The molecule has 2 amide bonds. The van der Waals surface area contributed by atoms with Gasteiger partial charge in [-0.2, -0.15) is 5.11 Å². The van der Waals surface area contributed by atoms with Crippen LogP contribution in [0.4, 0.5) is 33.2 Å². The zero-order chi connectivity index (χ0) is 48.9. The van der Waals surface area contributed by atoms with Crippen molar-refractivity contribution in [3.63, 3.8) is 0 Å². The predicted molar refractivity (Wildman–Crippen MR) is 247 cm³/mol. The number of carbonyl (C=O) groups is 2. The van der Waals surface area contributed by atoms with E-state index in [4.69, 9.17) is 14.2 Å². The summed E-state index contributed by atoms with van der Waals surface area (Å²) in [5.41, 5.74) is 2.41. The molecule has 0 aliphatic rings. The number of ether oxygens (including phenoxy) is 3. The number of aromatic hydroxyl groups is 1. The van der Waals surface area contributed by atoms with E-state index in [0.717, 1.165) is 24.0 Å². The summed E-state index contributed by atoms with van der Waals surface area (Å²) in [5.74, 6) is 0.836. The van der Waals surface area contributed by atoms with Gasteiger partial charge in [0.1, 0.15) is 27.8 Å². The lowest BCUT2D eigenvalue weighted by Crippen LogP contribution is -2.30. The SMILES string of the molecule is COc1cc(N=Nc2ccc([N+](=O)[O-])cc2S(C)(=O)=O)ccc1N(C)C(=O)Oc1c(C)[nH]n2c(CCCc3ccc(NC(=O)C(C)Oc4ccc(S(=O)(=O)c5ccc(O)cc5)cc4)cc3)nnc12. The largest absolute Gasteiger partial charge is 0.508 e. The number of amides is 2. The highest BCUT2D eigenvalue weighted by molar-refractivity contribution is 7.91. The van der Waals surface area contributed by atoms with Crippen LogP contribution in [0, 0.1) is 17.0 Å². The predicted octanol–water partition coefficient (Wildman–Crippen LogP) is 7.86. The van der Waals surface area contributed by atoms with Gasteiger partial charge in [0, 0.05) is 43.6 Å². The van der Waals surface area contributed by atoms with E-state index in [1.54, 1.807) is 30.5 Å². The molecule has 0 bridgehead atoms. The van der Waals surface area contributed by atoms with E-state index >= 15 is 0 Å². The number of hydrogen-bond acceptors (Lipinski definition) is 16. The number of nitro groups is 1. The number of non-ortho nitro benzene ring substituents is 1. The first kappa shape index (κ1) is 47.8. The fraction of sp³-hybridized carbons (Fsp3) is 0.200. The summed E-state index contributed by atoms with van der Waals surface area (Å²) in [6.07, 6.45) is 1.11. The van der Waals surface area contributed by atoms with Gasteiger partial charge in [-0.25, -0.2) is 26.1 Å². The molecule has 3 N–H and O–H groups in total. The summed E-state index contributed by atoms with van der Waals surface area (Å²) < 4.78 is 69.2. The third-order valence-electron chi connectivity index (χ3n) is 10.4. The van der Waals surface area contributed by atoms with E-state index in [1.807, 2.05) is 12.1 Å². The maximum Gasteiger partial charge on any atom is 0.419 e. The van der Waals surface area contributed by atoms with E-state index in [9.17, 15) is 41.6 Å². The third-order valence-corrected chi connectivity index (χ3v) is 13.3. The van der Waals surface area contributed by atoms with E-state index in [0.29, 0.717) is 53.6 Å². The second-order valence-electron chi connectivity index (χ2n) is 15.3. The second-order valence-corrected chi connectivity index (χ2v) is 19.2. The number of nitrogens with zero attached hydrogens (tertiary/aromatic N) is 7. The Kier molecular flexibility index (Phi) is 13.9. The quantitative estimate of drug-likeness (QED) is 0.0445. The molecule has 0 fully saturated rings. The summed E-state index contributed by atoms with van der Waals surface area (Å²) in [5, 5.41) is 43.3. The molecule has 1 unspecified atom stereocenters. The molecule has 1 atom stereocenters. The number of aromatic amines is 1. The van der Waals surface area contributed by atoms with Gasteiger partial charge in [-0.05, 0) is 111 Å². The van der Waals surface area contributed by atoms with Gasteiger partial charge in [0.05, 0.1) is 38.9 Å². The Bertz CT molecular complexity index is 3280. The Morgan fingerprint density at radius 1 is 0.912 bits per heavy atom. The van der Waals surface area contributed by atoms with Gasteiger partial charge in [-0.1, -0.05) is 12.1 Å². The van der Waals surface area contributed by atoms with Gasteiger partial charge in [0.2, 0.25) is 15.5 Å². The molecular weight excluding hydrogens is 923 g/mol. The van der Waals surface area contributed by atoms with E-state index in [-0.39, 0.29) is 43.3 Å². The van der Waals surface area contributed by atoms with Gasteiger partial charge in [0.15, 0.2) is 27.5 Å². The first-order valence-electron chi connectivity index (χ1n) is 20.5. The van der Waals surface area contributed by atoms with Gasteiger partial charge >= 0.3 is 6.09 Å². The summed E-state index contributed by atoms with van der Waals surface area (Å²) in [4.78, 5) is 37.8. The number of methoxy groups -OCH3 is 1. The number of rotatable bonds is 17. The van der Waals surface area contributed by atoms with Crippen LogP contribution in [-0.2, 0) is 37.3 Å². The Morgan fingerprint density at radius 2 is 1.59 bits per heavy atom. The van der Waals surface area contributed by atoms with Crippen LogP contribution in [0.25, 0.3) is 5.65 Å². The lowest BCUT2D eigenvalue weighted by atomic mass is 10.1. The van der Waals surface area contributed by atoms with Gasteiger partial charge in [0.25, 0.3) is 11.6 Å². The number of hydrogen-bond donors (Lipinski definition) is 3. The number of aryl methyl sites for hydroxylation is 3. The number of nitrogens with one attached hydrogen (secondary N) is 2. The molecule has 2 heterocycles. The van der Waals surface area contributed by atoms with Gasteiger partial charge in [-0.3, -0.25) is 24.9 Å². The third kappa shape index (κ3) is 10.7. The molecule has 7 aromatic rings. The molecule has 352 valence electrons. The number of aromatic nitrogens is 4. The topological polar surface area (TPSA) is 279 Å². The number of fused-ring (bicyclic) bond motifs is 1. The van der Waals surface area contributed by atoms with Crippen molar-refractivity contribution in [2.45, 2.75) is 53.9 Å². The molecule has 0 radical (unpaired) electrons. The monoisotopic (exact) mass is 965 g/mol. The van der Waals surface area contributed by atoms with Crippen molar-refractivity contribution in [1.82, 2.24) is 19.8 Å². The first-order chi connectivity index (χ1) is 32.3. The van der Waals surface area contributed by atoms with Crippen molar-refractivity contribution in [2.75, 3.05) is 30.6 Å². The van der Waals surface area contributed by atoms with Gasteiger partial charge in [-0.15, -0.1) is 15.3 Å². The van der Waals surface area contributed by atoms with Crippen LogP contribution in [0.5, 0.6) is 23.0 Å². The summed E-state index contributed by atoms with van der Waals surface area (Å²) in [6.45, 7) is 3.30. The molecule has 0 saturated heterocycles. The fourth-order valence-electron chi connectivity index (χ4n) is 6.78. The van der Waals surface area contributed by atoms with Crippen LogP contribution in [-0.4, -0.2) is 85.2 Å². The molecule has 7 rings (SSSR count). The highest BCUT2D eigenvalue weighted by Crippen LogP contribution is 2.35. The maximum absolute atomic E-state index is 13.5. The van der Waals surface area contributed by atoms with Crippen molar-refractivity contribution < 1.29 is 50.7 Å². The molecule has 0 aliphatic carbocycles. The van der Waals surface area contributed by atoms with Crippen molar-refractivity contribution in [3.8, 4) is 23.0 Å². The molecular formula is C45H43N9O12S2. The van der Waals surface area contributed by atoms with Crippen molar-refractivity contribution in [2.24, 2.45) is 10.2 Å². The molecule has 0 spiro atoms. The Morgan fingerprint density at radius 3 is 2.24 bits per heavy atom. The molecule has 0 saturated carbocycles. The second kappa shape index (κ2) is 19.7. The maximum atomic E-state index is 13.5. The Labute approximate surface area is 389 Å². The van der Waals surface area contributed by atoms with Gasteiger partial charge < -0.3 is 24.6 Å². The van der Waals surface area contributed by atoms with E-state index < -0.39 is 48.4 Å². The summed E-state index contributed by atoms with van der Waals surface area (Å²) >= 11 is 0. The normalized spacial score (nSPS) is 12.2. The minimum absolute atomic E-state index is 0.0314. The smallest absolute Gasteiger partial charge is 0.419 e. The molecule has 68 heavy (non-hydrogen) atoms. The molecule has 0 aliphatic heterocycles. The molecule has 2 aromatic heterocycles. The van der Waals surface area contributed by atoms with E-state index in [1.165, 1.54) is 91.9 Å². The van der Waals surface area contributed by atoms with Crippen LogP contribution in [0.1, 0.15) is 30.4 Å². The van der Waals surface area contributed by atoms with Crippen molar-refractivity contribution in [1.29, 1.82) is 0 Å². The number of carbonyl (C=O) groups excluding carboxylic acids is 2. The number of sulfone groups is 2. The Balaban J connectivity index is 0.912. The number of phenolic OH excluding ortho intramolecular Hbond substituents is 1. The summed E-state index contributed by atoms with van der Waals surface area (Å²) in [6, 6.07) is 26.0. The van der Waals surface area contributed by atoms with Crippen molar-refractivity contribution >= 4 is 65.8 Å². The highest BCUT2D eigenvalue weighted by Gasteiger charge is 2.25. The van der Waals surface area contributed by atoms with Crippen LogP contribution in [0.3, 0.4) is 0 Å². The standard InChI is InChI=1S/C45H43N9O12S2/c1-27-42(66-45(57)52(3)38-24-13-31(25-39(38)64-4)47-48-37-23-14-32(54(58)59)26-40(37)67(5,60)61)43-50-49-41(53(43)51-27)8-6-7-29-9-11-30(12-10-29)46-44(56)28(2)65-34-17-21-36(22-18-34)68(62,63)35-19-15-33(55)16-20-35/h9-26,28,51,55H,6-8H2,1-5H3,(H,46,56). The minimum atomic E-state index is -3.88. The number of anilines is 2. The number of azo groups is 1. The number of benzene rings is 5. The lowest BCUT2D eigenvalue weighted by Gasteiger charge is -2.19.